The van der Waals surface area contributed by atoms with Crippen LogP contribution in [0, 0.1) is 0 Å². The molecule has 0 aromatic heterocycles. The van der Waals surface area contributed by atoms with Gasteiger partial charge in [0.1, 0.15) is 0 Å². The lowest BCUT2D eigenvalue weighted by Gasteiger charge is -2.25. The van der Waals surface area contributed by atoms with E-state index in [1.54, 1.807) is 0 Å². The second-order valence-corrected chi connectivity index (χ2v) is 5.29. The molecule has 1 aliphatic heterocycles. The summed E-state index contributed by atoms with van der Waals surface area (Å²) >= 11 is 2.01. The second kappa shape index (κ2) is 7.12. The van der Waals surface area contributed by atoms with E-state index in [0.717, 1.165) is 13.0 Å². The van der Waals surface area contributed by atoms with Gasteiger partial charge in [0.15, 0.2) is 0 Å². The highest BCUT2D eigenvalue weighted by Gasteiger charge is 2.19. The predicted molar refractivity (Wildman–Crippen MR) is 66.2 cm³/mol. The van der Waals surface area contributed by atoms with Gasteiger partial charge in [-0.1, -0.05) is 6.92 Å². The fourth-order valence-corrected chi connectivity index (χ4v) is 2.80. The molecule has 2 N–H and O–H groups in total. The number of hydrogen-bond acceptors (Lipinski definition) is 3. The molecule has 1 heterocycles. The van der Waals surface area contributed by atoms with E-state index in [9.17, 15) is 4.79 Å². The van der Waals surface area contributed by atoms with Crippen molar-refractivity contribution in [3.05, 3.63) is 0 Å². The second-order valence-electron chi connectivity index (χ2n) is 4.07. The summed E-state index contributed by atoms with van der Waals surface area (Å²) in [6.45, 7) is 4.80. The van der Waals surface area contributed by atoms with Crippen LogP contribution in [-0.2, 0) is 4.79 Å². The third kappa shape index (κ3) is 4.89. The molecular formula is C11H22N2OS. The molecule has 1 atom stereocenters. The average Bonchev–Trinajstić information content (AvgIpc) is 2.27. The van der Waals surface area contributed by atoms with Crippen molar-refractivity contribution in [3.63, 3.8) is 0 Å². The van der Waals surface area contributed by atoms with Gasteiger partial charge in [0.05, 0.1) is 6.04 Å². The quantitative estimate of drug-likeness (QED) is 0.750. The van der Waals surface area contributed by atoms with Crippen molar-refractivity contribution < 1.29 is 4.79 Å². The smallest absolute Gasteiger partial charge is 0.236 e. The molecule has 0 radical (unpaired) electrons. The third-order valence-corrected chi connectivity index (χ3v) is 3.70. The molecule has 1 saturated heterocycles. The molecule has 15 heavy (non-hydrogen) atoms. The van der Waals surface area contributed by atoms with Gasteiger partial charge in [-0.05, 0) is 37.7 Å². The summed E-state index contributed by atoms with van der Waals surface area (Å²) in [5.41, 5.74) is 0. The van der Waals surface area contributed by atoms with Crippen LogP contribution in [0.3, 0.4) is 0 Å². The molecule has 88 valence electrons. The summed E-state index contributed by atoms with van der Waals surface area (Å²) in [4.78, 5) is 11.6. The monoisotopic (exact) mass is 230 g/mol. The van der Waals surface area contributed by atoms with Crippen molar-refractivity contribution in [1.82, 2.24) is 10.6 Å². The maximum atomic E-state index is 11.6. The minimum atomic E-state index is -0.0513. The van der Waals surface area contributed by atoms with Gasteiger partial charge in [0.2, 0.25) is 5.91 Å². The van der Waals surface area contributed by atoms with Crippen molar-refractivity contribution in [2.75, 3.05) is 18.1 Å². The Bertz CT molecular complexity index is 193. The van der Waals surface area contributed by atoms with E-state index in [0.29, 0.717) is 6.04 Å². The van der Waals surface area contributed by atoms with E-state index in [1.165, 1.54) is 24.3 Å². The largest absolute Gasteiger partial charge is 0.355 e. The van der Waals surface area contributed by atoms with E-state index < -0.39 is 0 Å². The lowest BCUT2D eigenvalue weighted by Crippen LogP contribution is -2.47. The first kappa shape index (κ1) is 12.8. The summed E-state index contributed by atoms with van der Waals surface area (Å²) in [6.07, 6.45) is 3.38. The number of nitrogens with one attached hydrogen (secondary N) is 2. The van der Waals surface area contributed by atoms with Gasteiger partial charge < -0.3 is 10.6 Å². The first-order valence-corrected chi connectivity index (χ1v) is 7.01. The number of hydrogen-bond donors (Lipinski definition) is 2. The lowest BCUT2D eigenvalue weighted by atomic mass is 10.1. The summed E-state index contributed by atoms with van der Waals surface area (Å²) < 4.78 is 0. The zero-order chi connectivity index (χ0) is 11.1. The maximum Gasteiger partial charge on any atom is 0.236 e. The first-order valence-electron chi connectivity index (χ1n) is 5.85. The zero-order valence-electron chi connectivity index (χ0n) is 9.71. The molecule has 4 heteroatoms. The molecule has 1 unspecified atom stereocenters. The van der Waals surface area contributed by atoms with Crippen molar-refractivity contribution in [2.45, 2.75) is 45.2 Å². The molecule has 0 aliphatic carbocycles. The van der Waals surface area contributed by atoms with Crippen LogP contribution in [0.4, 0.5) is 0 Å². The Hall–Kier alpha value is -0.220. The molecule has 0 aromatic carbocycles. The Kier molecular flexibility index (Phi) is 6.10. The van der Waals surface area contributed by atoms with E-state index in [2.05, 4.69) is 17.6 Å². The molecule has 3 nitrogen and oxygen atoms in total. The summed E-state index contributed by atoms with van der Waals surface area (Å²) in [5.74, 6) is 2.58. The van der Waals surface area contributed by atoms with Crippen molar-refractivity contribution in [3.8, 4) is 0 Å². The molecule has 1 amide bonds. The van der Waals surface area contributed by atoms with Gasteiger partial charge >= 0.3 is 0 Å². The average molecular weight is 230 g/mol. The number of rotatable bonds is 5. The Morgan fingerprint density at radius 3 is 2.73 bits per heavy atom. The topological polar surface area (TPSA) is 41.1 Å². The highest BCUT2D eigenvalue weighted by molar-refractivity contribution is 7.99. The van der Waals surface area contributed by atoms with Gasteiger partial charge in [-0.25, -0.2) is 0 Å². The molecule has 1 rings (SSSR count). The number of amides is 1. The van der Waals surface area contributed by atoms with Crippen molar-refractivity contribution in [1.29, 1.82) is 0 Å². The van der Waals surface area contributed by atoms with Crippen LogP contribution in [0.15, 0.2) is 0 Å². The van der Waals surface area contributed by atoms with Crippen LogP contribution >= 0.6 is 11.8 Å². The van der Waals surface area contributed by atoms with E-state index >= 15 is 0 Å². The molecule has 0 aromatic rings. The molecular weight excluding hydrogens is 208 g/mol. The van der Waals surface area contributed by atoms with Crippen molar-refractivity contribution >= 4 is 17.7 Å². The van der Waals surface area contributed by atoms with Crippen LogP contribution in [0.25, 0.3) is 0 Å². The van der Waals surface area contributed by atoms with Gasteiger partial charge in [-0.15, -0.1) is 0 Å². The number of carbonyl (C=O) groups excluding carboxylic acids is 1. The van der Waals surface area contributed by atoms with E-state index in [-0.39, 0.29) is 11.9 Å². The van der Waals surface area contributed by atoms with Gasteiger partial charge in [0.25, 0.3) is 0 Å². The fourth-order valence-electron chi connectivity index (χ4n) is 1.69. The molecule has 1 aliphatic rings. The highest BCUT2D eigenvalue weighted by atomic mass is 32.2. The van der Waals surface area contributed by atoms with Crippen LogP contribution < -0.4 is 10.6 Å². The normalized spacial score (nSPS) is 19.9. The maximum absolute atomic E-state index is 11.6. The molecule has 0 bridgehead atoms. The predicted octanol–water partition coefficient (Wildman–Crippen LogP) is 1.39. The van der Waals surface area contributed by atoms with Crippen LogP contribution in [0.1, 0.15) is 33.1 Å². The fraction of sp³-hybridized carbons (Fsp3) is 0.909. The molecule has 0 saturated carbocycles. The Morgan fingerprint density at radius 1 is 1.47 bits per heavy atom. The zero-order valence-corrected chi connectivity index (χ0v) is 10.5. The summed E-state index contributed by atoms with van der Waals surface area (Å²) in [7, 11) is 0. The van der Waals surface area contributed by atoms with Crippen LogP contribution in [-0.4, -0.2) is 36.0 Å². The Balaban J connectivity index is 2.20. The van der Waals surface area contributed by atoms with E-state index in [4.69, 9.17) is 0 Å². The van der Waals surface area contributed by atoms with Crippen LogP contribution in [0.2, 0.25) is 0 Å². The minimum Gasteiger partial charge on any atom is -0.355 e. The van der Waals surface area contributed by atoms with Gasteiger partial charge in [0, 0.05) is 12.6 Å². The Morgan fingerprint density at radius 2 is 2.13 bits per heavy atom. The third-order valence-electron chi connectivity index (χ3n) is 2.65. The molecule has 1 fully saturated rings. The summed E-state index contributed by atoms with van der Waals surface area (Å²) in [6, 6.07) is 0.485. The lowest BCUT2D eigenvalue weighted by molar-refractivity contribution is -0.122. The number of thioether (sulfide) groups is 1. The highest BCUT2D eigenvalue weighted by Crippen LogP contribution is 2.17. The molecule has 0 spiro atoms. The first-order chi connectivity index (χ1) is 7.24. The van der Waals surface area contributed by atoms with Crippen LogP contribution in [0.5, 0.6) is 0 Å². The number of carbonyl (C=O) groups is 1. The summed E-state index contributed by atoms with van der Waals surface area (Å²) in [5, 5.41) is 6.32. The standard InChI is InChI=1S/C11H22N2OS/c1-3-6-12-11(14)9(2)13-10-4-7-15-8-5-10/h9-10,13H,3-8H2,1-2H3,(H,12,14). The Labute approximate surface area is 96.8 Å². The van der Waals surface area contributed by atoms with Crippen molar-refractivity contribution in [2.24, 2.45) is 0 Å². The van der Waals surface area contributed by atoms with E-state index in [1.807, 2.05) is 18.7 Å². The van der Waals surface area contributed by atoms with Gasteiger partial charge in [-0.2, -0.15) is 11.8 Å². The van der Waals surface area contributed by atoms with Gasteiger partial charge in [-0.3, -0.25) is 4.79 Å². The SMILES string of the molecule is CCCNC(=O)C(C)NC1CCSCC1. The minimum absolute atomic E-state index is 0.0513.